The van der Waals surface area contributed by atoms with Gasteiger partial charge in [0, 0.05) is 51.5 Å². The molecule has 1 atom stereocenters. The van der Waals surface area contributed by atoms with Gasteiger partial charge in [0.2, 0.25) is 0 Å². The van der Waals surface area contributed by atoms with E-state index >= 15 is 0 Å². The molecular formula is C30H34ClF6N3O4. The van der Waals surface area contributed by atoms with Gasteiger partial charge in [-0.1, -0.05) is 23.7 Å². The van der Waals surface area contributed by atoms with Crippen LogP contribution < -0.4 is 9.64 Å². The molecule has 2 saturated heterocycles. The van der Waals surface area contributed by atoms with Crippen molar-refractivity contribution < 1.29 is 45.8 Å². The number of anilines is 1. The predicted octanol–water partition coefficient (Wildman–Crippen LogP) is 6.24. The van der Waals surface area contributed by atoms with Gasteiger partial charge in [0.1, 0.15) is 5.75 Å². The molecule has 1 unspecified atom stereocenters. The van der Waals surface area contributed by atoms with Crippen LogP contribution in [0.5, 0.6) is 5.75 Å². The van der Waals surface area contributed by atoms with Gasteiger partial charge in [-0.2, -0.15) is 13.2 Å². The number of nitrogens with zero attached hydrogens (tertiary/aromatic N) is 3. The van der Waals surface area contributed by atoms with E-state index in [2.05, 4.69) is 9.64 Å². The van der Waals surface area contributed by atoms with Crippen LogP contribution in [0.25, 0.3) is 0 Å². The van der Waals surface area contributed by atoms with E-state index in [1.807, 2.05) is 6.07 Å². The molecule has 2 aromatic rings. The van der Waals surface area contributed by atoms with Crippen molar-refractivity contribution in [2.24, 2.45) is 11.8 Å². The summed E-state index contributed by atoms with van der Waals surface area (Å²) in [5, 5.41) is 11.1. The third kappa shape index (κ3) is 7.53. The highest BCUT2D eigenvalue weighted by molar-refractivity contribution is 6.34. The Morgan fingerprint density at radius 3 is 2.05 bits per heavy atom. The van der Waals surface area contributed by atoms with E-state index in [0.29, 0.717) is 35.4 Å². The highest BCUT2D eigenvalue weighted by Crippen LogP contribution is 2.43. The maximum atomic E-state index is 14.1. The van der Waals surface area contributed by atoms with Crippen LogP contribution in [0.15, 0.2) is 42.5 Å². The minimum Gasteiger partial charge on any atom is -0.406 e. The quantitative estimate of drug-likeness (QED) is 0.360. The Labute approximate surface area is 256 Å². The summed E-state index contributed by atoms with van der Waals surface area (Å²) < 4.78 is 84.0. The SMILES string of the molecule is CN(C)C(=O)c1ccc(N2CCC(CC3CCN(C(=O)C(O)(c4cccc(OC(F)(F)F)c4)C(F)(F)F)CC3)CC2)cc1Cl. The molecule has 0 aromatic heterocycles. The molecule has 2 aliphatic heterocycles. The standard InChI is InChI=1S/C30H34ClF6N3O4/c1-38(2)26(41)24-7-6-22(18-25(24)31)39-12-8-19(9-13-39)16-20-10-14-40(15-11-20)27(42)28(43,29(32,33)34)21-4-3-5-23(17-21)44-30(35,36)37/h3-7,17-20,43H,8-16H2,1-2H3. The number of likely N-dealkylation sites (tertiary alicyclic amines) is 1. The fourth-order valence-corrected chi connectivity index (χ4v) is 6.20. The summed E-state index contributed by atoms with van der Waals surface area (Å²) >= 11 is 6.37. The second kappa shape index (κ2) is 13.0. The molecule has 2 heterocycles. The van der Waals surface area contributed by atoms with Crippen LogP contribution in [-0.2, 0) is 10.4 Å². The molecule has 242 valence electrons. The molecule has 0 spiro atoms. The highest BCUT2D eigenvalue weighted by atomic mass is 35.5. The average Bonchev–Trinajstić information content (AvgIpc) is 2.95. The molecule has 0 aliphatic carbocycles. The lowest BCUT2D eigenvalue weighted by molar-refractivity contribution is -0.274. The smallest absolute Gasteiger partial charge is 0.406 e. The van der Waals surface area contributed by atoms with E-state index in [1.165, 1.54) is 4.90 Å². The van der Waals surface area contributed by atoms with E-state index in [0.717, 1.165) is 61.1 Å². The molecule has 1 N–H and O–H groups in total. The normalized spacial score (nSPS) is 18.6. The van der Waals surface area contributed by atoms with E-state index in [4.69, 9.17) is 11.6 Å². The van der Waals surface area contributed by atoms with E-state index in [1.54, 1.807) is 26.2 Å². The van der Waals surface area contributed by atoms with E-state index in [-0.39, 0.29) is 24.9 Å². The topological polar surface area (TPSA) is 73.3 Å². The minimum absolute atomic E-state index is 0.0179. The molecule has 4 rings (SSSR count). The maximum absolute atomic E-state index is 14.1. The fraction of sp³-hybridized carbons (Fsp3) is 0.533. The molecule has 2 amide bonds. The molecule has 2 aromatic carbocycles. The lowest BCUT2D eigenvalue weighted by Crippen LogP contribution is -2.57. The summed E-state index contributed by atoms with van der Waals surface area (Å²) in [4.78, 5) is 29.9. The number of alkyl halides is 6. The van der Waals surface area contributed by atoms with Crippen molar-refractivity contribution in [3.8, 4) is 5.75 Å². The van der Waals surface area contributed by atoms with E-state index < -0.39 is 35.4 Å². The zero-order chi connectivity index (χ0) is 32.4. The van der Waals surface area contributed by atoms with Crippen molar-refractivity contribution in [3.05, 3.63) is 58.6 Å². The molecule has 7 nitrogen and oxygen atoms in total. The van der Waals surface area contributed by atoms with Gasteiger partial charge in [-0.25, -0.2) is 0 Å². The largest absolute Gasteiger partial charge is 0.573 e. The lowest BCUT2D eigenvalue weighted by atomic mass is 9.82. The van der Waals surface area contributed by atoms with Gasteiger partial charge in [0.05, 0.1) is 10.6 Å². The first kappa shape index (κ1) is 33.7. The molecule has 0 bridgehead atoms. The number of amides is 2. The number of aliphatic hydroxyl groups is 1. The molecular weight excluding hydrogens is 616 g/mol. The van der Waals surface area contributed by atoms with Crippen LogP contribution >= 0.6 is 11.6 Å². The summed E-state index contributed by atoms with van der Waals surface area (Å²) in [6.45, 7) is 1.51. The number of carbonyl (C=O) groups is 2. The Kier molecular flexibility index (Phi) is 9.99. The molecule has 14 heteroatoms. The van der Waals surface area contributed by atoms with Crippen molar-refractivity contribution in [1.29, 1.82) is 0 Å². The Morgan fingerprint density at radius 1 is 0.932 bits per heavy atom. The Bertz CT molecular complexity index is 1340. The lowest BCUT2D eigenvalue weighted by Gasteiger charge is -2.40. The van der Waals surface area contributed by atoms with Crippen molar-refractivity contribution in [2.75, 3.05) is 45.2 Å². The van der Waals surface area contributed by atoms with Gasteiger partial charge in [0.25, 0.3) is 17.4 Å². The molecule has 0 saturated carbocycles. The van der Waals surface area contributed by atoms with Crippen LogP contribution in [0, 0.1) is 11.8 Å². The van der Waals surface area contributed by atoms with Crippen LogP contribution in [0.1, 0.15) is 48.0 Å². The third-order valence-corrected chi connectivity index (χ3v) is 8.66. The molecule has 2 fully saturated rings. The van der Waals surface area contributed by atoms with Crippen LogP contribution in [0.4, 0.5) is 32.0 Å². The summed E-state index contributed by atoms with van der Waals surface area (Å²) in [5.74, 6) is -2.23. The first-order valence-corrected chi connectivity index (χ1v) is 14.6. The minimum atomic E-state index is -5.49. The molecule has 2 aliphatic rings. The molecule has 0 radical (unpaired) electrons. The summed E-state index contributed by atoms with van der Waals surface area (Å²) in [7, 11) is 3.31. The first-order chi connectivity index (χ1) is 20.5. The van der Waals surface area contributed by atoms with Gasteiger partial charge < -0.3 is 24.5 Å². The van der Waals surface area contributed by atoms with Crippen molar-refractivity contribution >= 4 is 29.1 Å². The number of piperidine rings is 2. The van der Waals surface area contributed by atoms with Crippen molar-refractivity contribution in [1.82, 2.24) is 9.80 Å². The summed E-state index contributed by atoms with van der Waals surface area (Å²) in [5.41, 5.74) is -3.73. The zero-order valence-electron chi connectivity index (χ0n) is 24.2. The first-order valence-electron chi connectivity index (χ1n) is 14.2. The number of ether oxygens (including phenoxy) is 1. The Hall–Kier alpha value is -3.19. The Morgan fingerprint density at radius 2 is 1.52 bits per heavy atom. The van der Waals surface area contributed by atoms with Gasteiger partial charge in [-0.05, 0) is 74.3 Å². The Balaban J connectivity index is 1.33. The number of hydrogen-bond donors (Lipinski definition) is 1. The van der Waals surface area contributed by atoms with Crippen molar-refractivity contribution in [3.63, 3.8) is 0 Å². The van der Waals surface area contributed by atoms with Gasteiger partial charge >= 0.3 is 12.5 Å². The van der Waals surface area contributed by atoms with Crippen LogP contribution in [-0.4, -0.2) is 79.5 Å². The number of halogens is 7. The van der Waals surface area contributed by atoms with Gasteiger partial charge in [-0.15, -0.1) is 13.2 Å². The third-order valence-electron chi connectivity index (χ3n) is 8.34. The van der Waals surface area contributed by atoms with Gasteiger partial charge in [0.15, 0.2) is 0 Å². The summed E-state index contributed by atoms with van der Waals surface area (Å²) in [6, 6.07) is 8.14. The number of benzene rings is 2. The number of carbonyl (C=O) groups excluding carboxylic acids is 2. The van der Waals surface area contributed by atoms with Crippen LogP contribution in [0.2, 0.25) is 5.02 Å². The van der Waals surface area contributed by atoms with E-state index in [9.17, 15) is 41.0 Å². The highest BCUT2D eigenvalue weighted by Gasteiger charge is 2.62. The zero-order valence-corrected chi connectivity index (χ0v) is 25.0. The molecule has 44 heavy (non-hydrogen) atoms. The summed E-state index contributed by atoms with van der Waals surface area (Å²) in [6.07, 6.45) is -7.16. The predicted molar refractivity (Wildman–Crippen MR) is 151 cm³/mol. The average molecular weight is 650 g/mol. The van der Waals surface area contributed by atoms with Crippen molar-refractivity contribution in [2.45, 2.75) is 50.2 Å². The number of hydrogen-bond acceptors (Lipinski definition) is 5. The van der Waals surface area contributed by atoms with Crippen LogP contribution in [0.3, 0.4) is 0 Å². The monoisotopic (exact) mass is 649 g/mol. The second-order valence-electron chi connectivity index (χ2n) is 11.5. The maximum Gasteiger partial charge on any atom is 0.573 e. The van der Waals surface area contributed by atoms with Gasteiger partial charge in [-0.3, -0.25) is 9.59 Å². The number of rotatable bonds is 7. The fourth-order valence-electron chi connectivity index (χ4n) is 5.94. The second-order valence-corrected chi connectivity index (χ2v) is 12.0.